The van der Waals surface area contributed by atoms with Crippen molar-refractivity contribution in [2.75, 3.05) is 51.7 Å². The quantitative estimate of drug-likeness (QED) is 0.770. The number of rotatable bonds is 4. The molecule has 3 heterocycles. The van der Waals surface area contributed by atoms with Crippen LogP contribution in [0.15, 0.2) is 0 Å². The topological polar surface area (TPSA) is 49.9 Å². The summed E-state index contributed by atoms with van der Waals surface area (Å²) in [5, 5.41) is 0. The Morgan fingerprint density at radius 1 is 1.20 bits per heavy atom. The highest BCUT2D eigenvalue weighted by Gasteiger charge is 2.49. The molecule has 0 saturated carbocycles. The number of ether oxygens (including phenoxy) is 1. The molecule has 0 aromatic carbocycles. The highest BCUT2D eigenvalue weighted by molar-refractivity contribution is 7.89. The van der Waals surface area contributed by atoms with Crippen LogP contribution < -0.4 is 0 Å². The Hall–Kier alpha value is -0.170. The summed E-state index contributed by atoms with van der Waals surface area (Å²) in [5.74, 6) is 1.01. The van der Waals surface area contributed by atoms with E-state index >= 15 is 0 Å². The maximum Gasteiger partial charge on any atom is 0.213 e. The van der Waals surface area contributed by atoms with Crippen LogP contribution in [0.3, 0.4) is 0 Å². The SMILES string of the molecule is CCS(=O)(=O)N1CCC2(CN(CC3CCOCC3)C2)C1. The fraction of sp³-hybridized carbons (Fsp3) is 1.00. The van der Waals surface area contributed by atoms with Gasteiger partial charge in [-0.3, -0.25) is 0 Å². The fourth-order valence-electron chi connectivity index (χ4n) is 3.90. The third-order valence-corrected chi connectivity index (χ3v) is 6.96. The second-order valence-corrected chi connectivity index (χ2v) is 8.97. The van der Waals surface area contributed by atoms with Gasteiger partial charge in [0.2, 0.25) is 10.0 Å². The first-order valence-corrected chi connectivity index (χ1v) is 9.42. The predicted molar refractivity (Wildman–Crippen MR) is 78.1 cm³/mol. The molecule has 3 fully saturated rings. The Balaban J connectivity index is 1.48. The van der Waals surface area contributed by atoms with Crippen LogP contribution in [0.2, 0.25) is 0 Å². The maximum atomic E-state index is 11.9. The van der Waals surface area contributed by atoms with E-state index in [9.17, 15) is 8.42 Å². The zero-order chi connectivity index (χ0) is 14.2. The lowest BCUT2D eigenvalue weighted by Gasteiger charge is -2.49. The Morgan fingerprint density at radius 3 is 2.55 bits per heavy atom. The lowest BCUT2D eigenvalue weighted by Crippen LogP contribution is -2.58. The van der Waals surface area contributed by atoms with Crippen molar-refractivity contribution >= 4 is 10.0 Å². The molecule has 1 spiro atoms. The summed E-state index contributed by atoms with van der Waals surface area (Å²) in [6.45, 7) is 8.36. The van der Waals surface area contributed by atoms with E-state index in [-0.39, 0.29) is 11.2 Å². The van der Waals surface area contributed by atoms with Crippen molar-refractivity contribution in [1.29, 1.82) is 0 Å². The smallest absolute Gasteiger partial charge is 0.213 e. The molecule has 0 bridgehead atoms. The van der Waals surface area contributed by atoms with E-state index in [1.54, 1.807) is 11.2 Å². The molecular formula is C14H26N2O3S. The van der Waals surface area contributed by atoms with Gasteiger partial charge in [-0.1, -0.05) is 0 Å². The molecule has 0 aromatic heterocycles. The minimum absolute atomic E-state index is 0.231. The van der Waals surface area contributed by atoms with Gasteiger partial charge in [0.1, 0.15) is 0 Å². The number of nitrogens with zero attached hydrogens (tertiary/aromatic N) is 2. The van der Waals surface area contributed by atoms with Gasteiger partial charge in [0.15, 0.2) is 0 Å². The van der Waals surface area contributed by atoms with E-state index in [4.69, 9.17) is 4.74 Å². The second-order valence-electron chi connectivity index (χ2n) is 6.71. The Morgan fingerprint density at radius 2 is 1.90 bits per heavy atom. The van der Waals surface area contributed by atoms with E-state index in [1.807, 2.05) is 0 Å². The lowest BCUT2D eigenvalue weighted by atomic mass is 9.78. The Kier molecular flexibility index (Phi) is 4.10. The molecule has 20 heavy (non-hydrogen) atoms. The minimum atomic E-state index is -2.99. The molecule has 6 heteroatoms. The van der Waals surface area contributed by atoms with Crippen molar-refractivity contribution in [3.63, 3.8) is 0 Å². The van der Waals surface area contributed by atoms with Crippen molar-refractivity contribution < 1.29 is 13.2 Å². The van der Waals surface area contributed by atoms with E-state index in [0.717, 1.165) is 51.7 Å². The first-order chi connectivity index (χ1) is 9.53. The molecule has 5 nitrogen and oxygen atoms in total. The molecular weight excluding hydrogens is 276 g/mol. The summed E-state index contributed by atoms with van der Waals surface area (Å²) in [4.78, 5) is 2.51. The van der Waals surface area contributed by atoms with Crippen LogP contribution in [0.5, 0.6) is 0 Å². The van der Waals surface area contributed by atoms with Crippen LogP contribution in [-0.4, -0.2) is 69.3 Å². The maximum absolute atomic E-state index is 11.9. The van der Waals surface area contributed by atoms with Gasteiger partial charge in [-0.05, 0) is 32.1 Å². The number of hydrogen-bond acceptors (Lipinski definition) is 4. The van der Waals surface area contributed by atoms with Gasteiger partial charge in [0, 0.05) is 51.4 Å². The number of sulfonamides is 1. The average Bonchev–Trinajstić information content (AvgIpc) is 2.85. The summed E-state index contributed by atoms with van der Waals surface area (Å²) >= 11 is 0. The number of hydrogen-bond donors (Lipinski definition) is 0. The first-order valence-electron chi connectivity index (χ1n) is 7.81. The van der Waals surface area contributed by atoms with Gasteiger partial charge in [-0.2, -0.15) is 0 Å². The highest BCUT2D eigenvalue weighted by Crippen LogP contribution is 2.41. The molecule has 0 radical (unpaired) electrons. The van der Waals surface area contributed by atoms with E-state index in [0.29, 0.717) is 0 Å². The fourth-order valence-corrected chi connectivity index (χ4v) is 5.10. The van der Waals surface area contributed by atoms with Gasteiger partial charge in [0.25, 0.3) is 0 Å². The molecule has 3 aliphatic heterocycles. The molecule has 0 unspecified atom stereocenters. The number of likely N-dealkylation sites (tertiary alicyclic amines) is 1. The molecule has 116 valence electrons. The molecule has 0 aromatic rings. The van der Waals surface area contributed by atoms with Crippen molar-refractivity contribution in [2.45, 2.75) is 26.2 Å². The summed E-state index contributed by atoms with van der Waals surface area (Å²) in [6.07, 6.45) is 3.40. The van der Waals surface area contributed by atoms with Crippen molar-refractivity contribution in [1.82, 2.24) is 9.21 Å². The first kappa shape index (κ1) is 14.8. The van der Waals surface area contributed by atoms with Crippen molar-refractivity contribution in [2.24, 2.45) is 11.3 Å². The lowest BCUT2D eigenvalue weighted by molar-refractivity contribution is -0.0180. The van der Waals surface area contributed by atoms with Crippen LogP contribution >= 0.6 is 0 Å². The zero-order valence-corrected chi connectivity index (χ0v) is 13.2. The second kappa shape index (κ2) is 5.55. The van der Waals surface area contributed by atoms with Crippen LogP contribution in [-0.2, 0) is 14.8 Å². The monoisotopic (exact) mass is 302 g/mol. The van der Waals surface area contributed by atoms with Gasteiger partial charge in [-0.25, -0.2) is 12.7 Å². The third-order valence-electron chi connectivity index (χ3n) is 5.14. The Bertz CT molecular complexity index is 439. The van der Waals surface area contributed by atoms with Gasteiger partial charge in [0.05, 0.1) is 5.75 Å². The molecule has 3 rings (SSSR count). The average molecular weight is 302 g/mol. The molecule has 0 amide bonds. The van der Waals surface area contributed by atoms with Gasteiger partial charge < -0.3 is 9.64 Å². The molecule has 0 aliphatic carbocycles. The summed E-state index contributed by atoms with van der Waals surface area (Å²) < 4.78 is 31.0. The minimum Gasteiger partial charge on any atom is -0.381 e. The molecule has 3 saturated heterocycles. The third kappa shape index (κ3) is 2.89. The standard InChI is InChI=1S/C14H26N2O3S/c1-2-20(17,18)16-6-5-14(12-16)10-15(11-14)9-13-3-7-19-8-4-13/h13H,2-12H2,1H3. The van der Waals surface area contributed by atoms with Gasteiger partial charge in [-0.15, -0.1) is 0 Å². The van der Waals surface area contributed by atoms with Crippen molar-refractivity contribution in [3.05, 3.63) is 0 Å². The normalized spacial score (nSPS) is 28.9. The van der Waals surface area contributed by atoms with Gasteiger partial charge >= 0.3 is 0 Å². The molecule has 0 atom stereocenters. The van der Waals surface area contributed by atoms with E-state index in [1.165, 1.54) is 19.4 Å². The van der Waals surface area contributed by atoms with Crippen LogP contribution in [0.1, 0.15) is 26.2 Å². The predicted octanol–water partition coefficient (Wildman–Crippen LogP) is 0.770. The van der Waals surface area contributed by atoms with Crippen LogP contribution in [0.4, 0.5) is 0 Å². The summed E-state index contributed by atoms with van der Waals surface area (Å²) in [5.41, 5.74) is 0.257. The summed E-state index contributed by atoms with van der Waals surface area (Å²) in [6, 6.07) is 0. The molecule has 3 aliphatic rings. The Labute approximate surface area is 122 Å². The highest BCUT2D eigenvalue weighted by atomic mass is 32.2. The van der Waals surface area contributed by atoms with Crippen LogP contribution in [0.25, 0.3) is 0 Å². The zero-order valence-electron chi connectivity index (χ0n) is 12.4. The van der Waals surface area contributed by atoms with Crippen molar-refractivity contribution in [3.8, 4) is 0 Å². The van der Waals surface area contributed by atoms with Crippen LogP contribution in [0, 0.1) is 11.3 Å². The molecule has 0 N–H and O–H groups in total. The largest absolute Gasteiger partial charge is 0.381 e. The summed E-state index contributed by atoms with van der Waals surface area (Å²) in [7, 11) is -2.99. The van der Waals surface area contributed by atoms with E-state index in [2.05, 4.69) is 4.90 Å². The van der Waals surface area contributed by atoms with E-state index < -0.39 is 10.0 Å².